The Morgan fingerprint density at radius 2 is 1.16 bits per heavy atom. The van der Waals surface area contributed by atoms with Gasteiger partial charge in [-0.15, -0.1) is 0 Å². The Morgan fingerprint density at radius 3 is 1.76 bits per heavy atom. The predicted octanol–water partition coefficient (Wildman–Crippen LogP) is 9.82. The fourth-order valence-corrected chi connectivity index (χ4v) is 5.94. The number of aliphatic hydroxyl groups excluding tert-OH is 3. The molecule has 63 heavy (non-hydrogen) atoms. The number of carbonyl (C=O) groups is 2. The van der Waals surface area contributed by atoms with Crippen LogP contribution in [-0.4, -0.2) is 109 Å². The Balaban J connectivity index is 4.75. The van der Waals surface area contributed by atoms with E-state index in [0.717, 1.165) is 57.8 Å². The zero-order valence-corrected chi connectivity index (χ0v) is 39.7. The van der Waals surface area contributed by atoms with Gasteiger partial charge in [0.05, 0.1) is 46.1 Å². The van der Waals surface area contributed by atoms with Gasteiger partial charge in [0.1, 0.15) is 19.8 Å². The summed E-state index contributed by atoms with van der Waals surface area (Å²) in [7, 11) is 1.21. The van der Waals surface area contributed by atoms with Gasteiger partial charge in [-0.2, -0.15) is 0 Å². The van der Waals surface area contributed by atoms with Crippen LogP contribution in [0, 0.1) is 0 Å². The Labute approximate surface area is 379 Å². The largest absolute Gasteiger partial charge is 0.472 e. The fourth-order valence-electron chi connectivity index (χ4n) is 5.20. The molecule has 13 heteroatoms. The van der Waals surface area contributed by atoms with Gasteiger partial charge in [-0.3, -0.25) is 18.6 Å². The number of unbranched alkanes of at least 4 members (excludes halogenated alkanes) is 3. The van der Waals surface area contributed by atoms with Gasteiger partial charge in [-0.05, 0) is 77.0 Å². The second-order valence-corrected chi connectivity index (χ2v) is 17.3. The number of esters is 2. The maximum absolute atomic E-state index is 12.7. The van der Waals surface area contributed by atoms with E-state index >= 15 is 0 Å². The lowest BCUT2D eigenvalue weighted by atomic mass is 10.1. The normalized spacial score (nSPS) is 16.1. The van der Waals surface area contributed by atoms with Crippen molar-refractivity contribution in [3.8, 4) is 0 Å². The maximum Gasteiger partial charge on any atom is 0.472 e. The minimum atomic E-state index is -4.49. The van der Waals surface area contributed by atoms with Crippen LogP contribution in [0.1, 0.15) is 110 Å². The minimum absolute atomic E-state index is 0.0461. The topological polar surface area (TPSA) is 169 Å². The van der Waals surface area contributed by atoms with Crippen molar-refractivity contribution in [1.82, 2.24) is 0 Å². The lowest BCUT2D eigenvalue weighted by molar-refractivity contribution is -0.870. The molecule has 0 bridgehead atoms. The molecule has 5 atom stereocenters. The number of allylic oxidation sites excluding steroid dienone is 17. The average Bonchev–Trinajstić information content (AvgIpc) is 3.23. The van der Waals surface area contributed by atoms with Gasteiger partial charge in [0, 0.05) is 12.8 Å². The molecular formula is C50H81NO11P+. The summed E-state index contributed by atoms with van der Waals surface area (Å²) in [5.41, 5.74) is 0. The van der Waals surface area contributed by atoms with Crippen molar-refractivity contribution in [2.24, 2.45) is 0 Å². The molecular weight excluding hydrogens is 822 g/mol. The summed E-state index contributed by atoms with van der Waals surface area (Å²) in [6.07, 6.45) is 44.8. The molecule has 12 nitrogen and oxygen atoms in total. The van der Waals surface area contributed by atoms with Crippen molar-refractivity contribution >= 4 is 19.8 Å². The highest BCUT2D eigenvalue weighted by atomic mass is 31.2. The number of ether oxygens (including phenoxy) is 2. The van der Waals surface area contributed by atoms with Crippen LogP contribution in [0.5, 0.6) is 0 Å². The highest BCUT2D eigenvalue weighted by molar-refractivity contribution is 7.47. The van der Waals surface area contributed by atoms with Gasteiger partial charge >= 0.3 is 19.8 Å². The average molecular weight is 903 g/mol. The fraction of sp³-hybridized carbons (Fsp3) is 0.560. The zero-order chi connectivity index (χ0) is 46.9. The summed E-state index contributed by atoms with van der Waals surface area (Å²) in [5.74, 6) is -1.18. The lowest BCUT2D eigenvalue weighted by Gasteiger charge is -2.24. The number of aliphatic hydroxyl groups is 3. The van der Waals surface area contributed by atoms with Gasteiger partial charge in [-0.1, -0.05) is 142 Å². The van der Waals surface area contributed by atoms with Crippen molar-refractivity contribution in [3.05, 3.63) is 122 Å². The second-order valence-electron chi connectivity index (χ2n) is 15.9. The first-order valence-corrected chi connectivity index (χ1v) is 24.1. The van der Waals surface area contributed by atoms with Gasteiger partial charge in [-0.25, -0.2) is 4.57 Å². The lowest BCUT2D eigenvalue weighted by Crippen LogP contribution is -2.37. The van der Waals surface area contributed by atoms with Crippen LogP contribution in [0.2, 0.25) is 0 Å². The van der Waals surface area contributed by atoms with Crippen molar-refractivity contribution in [2.75, 3.05) is 47.5 Å². The van der Waals surface area contributed by atoms with Crippen LogP contribution >= 0.6 is 7.82 Å². The maximum atomic E-state index is 12.7. The first-order chi connectivity index (χ1) is 30.2. The van der Waals surface area contributed by atoms with Gasteiger partial charge < -0.3 is 34.2 Å². The molecule has 0 spiro atoms. The summed E-state index contributed by atoms with van der Waals surface area (Å²) in [4.78, 5) is 35.5. The molecule has 4 N–H and O–H groups in total. The number of likely N-dealkylation sites (N-methyl/N-ethyl adjacent to an activating group) is 1. The quantitative estimate of drug-likeness (QED) is 0.0116. The number of phosphoric acid groups is 1. The smallest absolute Gasteiger partial charge is 0.462 e. The van der Waals surface area contributed by atoms with E-state index in [1.165, 1.54) is 6.08 Å². The molecule has 0 fully saturated rings. The first kappa shape index (κ1) is 59.3. The molecule has 0 aromatic heterocycles. The van der Waals surface area contributed by atoms with E-state index < -0.39 is 50.8 Å². The standard InChI is InChI=1S/C50H80NO11P/c1-6-8-10-11-12-13-14-15-16-17-18-19-20-21-22-23-24-29-33-39-49(55)59-43-46(44-61-63(57,58)60-42-41-51(3,4)5)62-50(56)40-34-38-48(54)47(53)37-32-28-26-25-27-31-36-45(52)35-30-9-7-2/h8-10,12-13,15-16,18-19,21-22,25-28,30-32,36-37,45-48,52-54H,6-7,11,14,17,20,23-24,29,33-35,38-44H2,1-5H3/p+1/b10-8-,13-12-,16-15-,19-18-,22-21-,27-25+,28-26-,30-9-,36-31+,37-32-/t45-,46+,47+,48+/m0/s1. The summed E-state index contributed by atoms with van der Waals surface area (Å²) < 4.78 is 34.0. The van der Waals surface area contributed by atoms with Crippen molar-refractivity contribution in [3.63, 3.8) is 0 Å². The number of phosphoric ester groups is 1. The van der Waals surface area contributed by atoms with Crippen molar-refractivity contribution in [2.45, 2.75) is 135 Å². The molecule has 0 aromatic rings. The highest BCUT2D eigenvalue weighted by Crippen LogP contribution is 2.43. The Morgan fingerprint density at radius 1 is 0.619 bits per heavy atom. The molecule has 0 saturated heterocycles. The van der Waals surface area contributed by atoms with Crippen LogP contribution in [-0.2, 0) is 32.7 Å². The van der Waals surface area contributed by atoms with E-state index in [4.69, 9.17) is 18.5 Å². The second kappa shape index (κ2) is 39.8. The third-order valence-electron chi connectivity index (χ3n) is 8.83. The van der Waals surface area contributed by atoms with Crippen LogP contribution in [0.4, 0.5) is 0 Å². The predicted molar refractivity (Wildman–Crippen MR) is 255 cm³/mol. The molecule has 0 heterocycles. The SMILES string of the molecule is CC/C=C\C/C=C\C/C=C\C/C=C\C/C=C\CCCCCC(=O)OC[C@H](COP(=O)(O)OCC[N+](C)(C)C)OC(=O)CCC[C@@H](O)[C@H](O)\C=C/C=C\C=C\C=C\[C@@H](O)C/C=C\CC. The molecule has 0 aliphatic rings. The summed E-state index contributed by atoms with van der Waals surface area (Å²) in [6, 6.07) is 0. The molecule has 0 aliphatic heterocycles. The van der Waals surface area contributed by atoms with Crippen molar-refractivity contribution in [1.29, 1.82) is 0 Å². The molecule has 0 saturated carbocycles. The molecule has 1 unspecified atom stereocenters. The van der Waals surface area contributed by atoms with Crippen LogP contribution in [0.15, 0.2) is 122 Å². The summed E-state index contributed by atoms with van der Waals surface area (Å²) >= 11 is 0. The van der Waals surface area contributed by atoms with E-state index in [2.05, 4.69) is 67.7 Å². The van der Waals surface area contributed by atoms with Crippen LogP contribution in [0.25, 0.3) is 0 Å². The number of hydrogen-bond acceptors (Lipinski definition) is 10. The van der Waals surface area contributed by atoms with Crippen LogP contribution in [0.3, 0.4) is 0 Å². The third kappa shape index (κ3) is 42.0. The summed E-state index contributed by atoms with van der Waals surface area (Å²) in [5, 5.41) is 30.6. The van der Waals surface area contributed by atoms with Gasteiger partial charge in [0.15, 0.2) is 6.10 Å². The molecule has 0 rings (SSSR count). The number of quaternary nitrogens is 1. The molecule has 356 valence electrons. The Hall–Kier alpha value is -3.71. The third-order valence-corrected chi connectivity index (χ3v) is 9.81. The zero-order valence-electron chi connectivity index (χ0n) is 38.8. The van der Waals surface area contributed by atoms with E-state index in [9.17, 15) is 34.4 Å². The summed E-state index contributed by atoms with van der Waals surface area (Å²) in [6.45, 7) is 3.63. The van der Waals surface area contributed by atoms with Crippen LogP contribution < -0.4 is 0 Å². The van der Waals surface area contributed by atoms with E-state index in [0.29, 0.717) is 23.9 Å². The minimum Gasteiger partial charge on any atom is -0.462 e. The highest BCUT2D eigenvalue weighted by Gasteiger charge is 2.27. The van der Waals surface area contributed by atoms with Gasteiger partial charge in [0.25, 0.3) is 0 Å². The Bertz CT molecular complexity index is 1530. The number of hydrogen-bond donors (Lipinski definition) is 4. The van der Waals surface area contributed by atoms with E-state index in [1.807, 2.05) is 40.2 Å². The molecule has 0 amide bonds. The molecule has 0 aliphatic carbocycles. The molecule has 0 radical (unpaired) electrons. The van der Waals surface area contributed by atoms with E-state index in [-0.39, 0.29) is 38.9 Å². The van der Waals surface area contributed by atoms with Gasteiger partial charge in [0.2, 0.25) is 0 Å². The van der Waals surface area contributed by atoms with Crippen molar-refractivity contribution < 1.29 is 57.4 Å². The number of rotatable bonds is 38. The Kier molecular flexibility index (Phi) is 37.5. The monoisotopic (exact) mass is 903 g/mol. The first-order valence-electron chi connectivity index (χ1n) is 22.6. The van der Waals surface area contributed by atoms with E-state index in [1.54, 1.807) is 42.5 Å². The number of nitrogens with zero attached hydrogens (tertiary/aromatic N) is 1. The number of carbonyl (C=O) groups excluding carboxylic acids is 2. The molecule has 0 aromatic carbocycles.